The van der Waals surface area contributed by atoms with Gasteiger partial charge in [0.05, 0.1) is 0 Å². The Hall–Kier alpha value is -2.46. The molecule has 0 saturated carbocycles. The Kier molecular flexibility index (Phi) is 3.54. The molecule has 0 spiro atoms. The predicted octanol–water partition coefficient (Wildman–Crippen LogP) is 4.77. The van der Waals surface area contributed by atoms with E-state index in [0.29, 0.717) is 10.7 Å². The summed E-state index contributed by atoms with van der Waals surface area (Å²) in [4.78, 5) is 15.2. The van der Waals surface area contributed by atoms with E-state index in [2.05, 4.69) is 15.6 Å². The number of urea groups is 1. The second kappa shape index (κ2) is 5.50. The van der Waals surface area contributed by atoms with Gasteiger partial charge in [0.25, 0.3) is 0 Å². The Labute approximate surface area is 127 Å². The Morgan fingerprint density at radius 3 is 2.43 bits per heavy atom. The molecule has 0 aliphatic rings. The average Bonchev–Trinajstić information content (AvgIpc) is 2.80. The molecule has 0 saturated heterocycles. The number of aryl methyl sites for hydroxylation is 1. The molecule has 4 nitrogen and oxygen atoms in total. The first-order valence-electron chi connectivity index (χ1n) is 6.53. The highest BCUT2D eigenvalue weighted by Crippen LogP contribution is 2.20. The van der Waals surface area contributed by atoms with Crippen molar-refractivity contribution in [1.29, 1.82) is 0 Å². The van der Waals surface area contributed by atoms with E-state index >= 15 is 0 Å². The first-order valence-corrected chi connectivity index (χ1v) is 6.91. The first-order chi connectivity index (χ1) is 10.1. The lowest BCUT2D eigenvalue weighted by Gasteiger charge is -2.07. The van der Waals surface area contributed by atoms with Crippen LogP contribution in [0.2, 0.25) is 5.02 Å². The van der Waals surface area contributed by atoms with Gasteiger partial charge >= 0.3 is 6.03 Å². The number of benzene rings is 2. The van der Waals surface area contributed by atoms with Crippen molar-refractivity contribution in [1.82, 2.24) is 4.98 Å². The number of nitrogens with one attached hydrogen (secondary N) is 3. The highest BCUT2D eigenvalue weighted by Gasteiger charge is 2.04. The van der Waals surface area contributed by atoms with Crippen LogP contribution < -0.4 is 10.6 Å². The third-order valence-electron chi connectivity index (χ3n) is 3.12. The van der Waals surface area contributed by atoms with Crippen LogP contribution in [0.4, 0.5) is 16.2 Å². The van der Waals surface area contributed by atoms with E-state index in [4.69, 9.17) is 11.6 Å². The Balaban J connectivity index is 1.71. The van der Waals surface area contributed by atoms with Crippen LogP contribution in [0.1, 0.15) is 5.69 Å². The molecule has 5 heteroatoms. The monoisotopic (exact) mass is 299 g/mol. The van der Waals surface area contributed by atoms with Crippen LogP contribution in [0.3, 0.4) is 0 Å². The molecule has 0 aliphatic heterocycles. The fourth-order valence-electron chi connectivity index (χ4n) is 2.18. The summed E-state index contributed by atoms with van der Waals surface area (Å²) in [6.07, 6.45) is 0. The number of carbonyl (C=O) groups is 1. The number of H-pyrrole nitrogens is 1. The predicted molar refractivity (Wildman–Crippen MR) is 87.1 cm³/mol. The first kappa shape index (κ1) is 13.5. The molecule has 3 rings (SSSR count). The van der Waals surface area contributed by atoms with Gasteiger partial charge in [0.15, 0.2) is 0 Å². The number of amides is 2. The highest BCUT2D eigenvalue weighted by atomic mass is 35.5. The maximum atomic E-state index is 11.9. The lowest BCUT2D eigenvalue weighted by atomic mass is 10.2. The van der Waals surface area contributed by atoms with Gasteiger partial charge in [-0.25, -0.2) is 4.79 Å². The number of aromatic amines is 1. The van der Waals surface area contributed by atoms with Crippen LogP contribution in [-0.4, -0.2) is 11.0 Å². The zero-order chi connectivity index (χ0) is 14.8. The summed E-state index contributed by atoms with van der Waals surface area (Å²) < 4.78 is 0. The number of rotatable bonds is 2. The maximum Gasteiger partial charge on any atom is 0.323 e. The van der Waals surface area contributed by atoms with Crippen molar-refractivity contribution in [2.24, 2.45) is 0 Å². The van der Waals surface area contributed by atoms with Crippen molar-refractivity contribution in [3.63, 3.8) is 0 Å². The molecule has 0 atom stereocenters. The fourth-order valence-corrected chi connectivity index (χ4v) is 2.31. The SMILES string of the molecule is Cc1cc2cc(NC(=O)Nc3ccc(Cl)cc3)ccc2[nH]1. The van der Waals surface area contributed by atoms with Gasteiger partial charge in [0, 0.05) is 33.0 Å². The lowest BCUT2D eigenvalue weighted by Crippen LogP contribution is -2.19. The number of anilines is 2. The number of carbonyl (C=O) groups excluding carboxylic acids is 1. The van der Waals surface area contributed by atoms with Crippen molar-refractivity contribution in [2.45, 2.75) is 6.92 Å². The molecule has 0 aliphatic carbocycles. The number of fused-ring (bicyclic) bond motifs is 1. The third-order valence-corrected chi connectivity index (χ3v) is 3.37. The van der Waals surface area contributed by atoms with Gasteiger partial charge in [0.1, 0.15) is 0 Å². The van der Waals surface area contributed by atoms with E-state index in [9.17, 15) is 4.79 Å². The van der Waals surface area contributed by atoms with Gasteiger partial charge in [-0.15, -0.1) is 0 Å². The van der Waals surface area contributed by atoms with Gasteiger partial charge in [-0.3, -0.25) is 0 Å². The molecule has 2 amide bonds. The molecule has 0 radical (unpaired) electrons. The van der Waals surface area contributed by atoms with Gasteiger partial charge in [-0.1, -0.05) is 11.6 Å². The highest BCUT2D eigenvalue weighted by molar-refractivity contribution is 6.30. The van der Waals surface area contributed by atoms with Gasteiger partial charge < -0.3 is 15.6 Å². The number of hydrogen-bond acceptors (Lipinski definition) is 1. The normalized spacial score (nSPS) is 10.6. The van der Waals surface area contributed by atoms with Crippen molar-refractivity contribution in [3.8, 4) is 0 Å². The molecular weight excluding hydrogens is 286 g/mol. The maximum absolute atomic E-state index is 11.9. The topological polar surface area (TPSA) is 56.9 Å². The molecule has 3 aromatic rings. The average molecular weight is 300 g/mol. The molecule has 0 bridgehead atoms. The quantitative estimate of drug-likeness (QED) is 0.627. The van der Waals surface area contributed by atoms with E-state index < -0.39 is 0 Å². The van der Waals surface area contributed by atoms with Crippen LogP contribution in [-0.2, 0) is 0 Å². The van der Waals surface area contributed by atoms with Crippen LogP contribution in [0, 0.1) is 6.92 Å². The van der Waals surface area contributed by atoms with Crippen LogP contribution in [0.25, 0.3) is 10.9 Å². The smallest absolute Gasteiger partial charge is 0.323 e. The molecule has 21 heavy (non-hydrogen) atoms. The summed E-state index contributed by atoms with van der Waals surface area (Å²) in [6, 6.07) is 14.4. The van der Waals surface area contributed by atoms with Crippen molar-refractivity contribution in [2.75, 3.05) is 10.6 Å². The number of aromatic nitrogens is 1. The molecule has 106 valence electrons. The van der Waals surface area contributed by atoms with Crippen LogP contribution >= 0.6 is 11.6 Å². The fraction of sp³-hybridized carbons (Fsp3) is 0.0625. The molecule has 0 fully saturated rings. The zero-order valence-corrected chi connectivity index (χ0v) is 12.2. The number of hydrogen-bond donors (Lipinski definition) is 3. The van der Waals surface area contributed by atoms with E-state index in [-0.39, 0.29) is 6.03 Å². The van der Waals surface area contributed by atoms with E-state index in [1.807, 2.05) is 31.2 Å². The lowest BCUT2D eigenvalue weighted by molar-refractivity contribution is 0.262. The van der Waals surface area contributed by atoms with Crippen molar-refractivity contribution < 1.29 is 4.79 Å². The summed E-state index contributed by atoms with van der Waals surface area (Å²) >= 11 is 5.80. The minimum atomic E-state index is -0.288. The summed E-state index contributed by atoms with van der Waals surface area (Å²) in [5.41, 5.74) is 3.58. The van der Waals surface area contributed by atoms with E-state index in [1.54, 1.807) is 24.3 Å². The zero-order valence-electron chi connectivity index (χ0n) is 11.4. The Bertz CT molecular complexity index is 793. The second-order valence-electron chi connectivity index (χ2n) is 4.84. The van der Waals surface area contributed by atoms with Gasteiger partial charge in [0.2, 0.25) is 0 Å². The minimum Gasteiger partial charge on any atom is -0.359 e. The summed E-state index contributed by atoms with van der Waals surface area (Å²) in [5.74, 6) is 0. The molecule has 2 aromatic carbocycles. The van der Waals surface area contributed by atoms with Crippen LogP contribution in [0.15, 0.2) is 48.5 Å². The van der Waals surface area contributed by atoms with Gasteiger partial charge in [-0.05, 0) is 55.5 Å². The van der Waals surface area contributed by atoms with Crippen LogP contribution in [0.5, 0.6) is 0 Å². The summed E-state index contributed by atoms with van der Waals surface area (Å²) in [7, 11) is 0. The third kappa shape index (κ3) is 3.17. The van der Waals surface area contributed by atoms with E-state index in [1.165, 1.54) is 0 Å². The van der Waals surface area contributed by atoms with Crippen molar-refractivity contribution in [3.05, 3.63) is 59.2 Å². The second-order valence-corrected chi connectivity index (χ2v) is 5.28. The standard InChI is InChI=1S/C16H14ClN3O/c1-10-8-11-9-14(6-7-15(11)18-10)20-16(21)19-13-4-2-12(17)3-5-13/h2-9,18H,1H3,(H2,19,20,21). The number of halogens is 1. The molecule has 0 unspecified atom stereocenters. The van der Waals surface area contributed by atoms with Gasteiger partial charge in [-0.2, -0.15) is 0 Å². The Morgan fingerprint density at radius 1 is 1.00 bits per heavy atom. The van der Waals surface area contributed by atoms with E-state index in [0.717, 1.165) is 22.3 Å². The summed E-state index contributed by atoms with van der Waals surface area (Å²) in [6.45, 7) is 2.00. The Morgan fingerprint density at radius 2 is 1.67 bits per heavy atom. The molecular formula is C16H14ClN3O. The molecule has 1 heterocycles. The van der Waals surface area contributed by atoms with Crippen molar-refractivity contribution >= 4 is 39.9 Å². The molecule has 3 N–H and O–H groups in total. The largest absolute Gasteiger partial charge is 0.359 e. The molecule has 1 aromatic heterocycles. The summed E-state index contributed by atoms with van der Waals surface area (Å²) in [5, 5.41) is 7.26. The minimum absolute atomic E-state index is 0.288.